The highest BCUT2D eigenvalue weighted by atomic mass is 32.2. The molecule has 0 aromatic carbocycles. The van der Waals surface area contributed by atoms with Gasteiger partial charge < -0.3 is 5.11 Å². The van der Waals surface area contributed by atoms with Crippen LogP contribution >= 0.6 is 11.8 Å². The standard InChI is InChI=1S/C5H9F3OS/c1-4(9)2-10-3-5(6,7)8/h4,9H,2-3H2,1H3. The van der Waals surface area contributed by atoms with Crippen molar-refractivity contribution in [1.82, 2.24) is 0 Å². The summed E-state index contributed by atoms with van der Waals surface area (Å²) in [6.07, 6.45) is -4.77. The highest BCUT2D eigenvalue weighted by Gasteiger charge is 2.26. The van der Waals surface area contributed by atoms with E-state index in [4.69, 9.17) is 5.11 Å². The predicted octanol–water partition coefficient (Wildman–Crippen LogP) is 1.66. The van der Waals surface area contributed by atoms with Crippen LogP contribution in [0.3, 0.4) is 0 Å². The summed E-state index contributed by atoms with van der Waals surface area (Å²) in [5, 5.41) is 8.56. The quantitative estimate of drug-likeness (QED) is 0.702. The molecule has 0 spiro atoms. The summed E-state index contributed by atoms with van der Waals surface area (Å²) in [6.45, 7) is 1.46. The summed E-state index contributed by atoms with van der Waals surface area (Å²) in [5.74, 6) is -0.739. The number of hydrogen-bond donors (Lipinski definition) is 1. The Balaban J connectivity index is 3.21. The Morgan fingerprint density at radius 3 is 2.30 bits per heavy atom. The number of rotatable bonds is 3. The van der Waals surface area contributed by atoms with E-state index >= 15 is 0 Å². The Labute approximate surface area is 61.6 Å². The topological polar surface area (TPSA) is 20.2 Å². The Kier molecular flexibility index (Phi) is 4.12. The number of thioether (sulfide) groups is 1. The minimum atomic E-state index is -4.11. The van der Waals surface area contributed by atoms with Crippen molar-refractivity contribution in [3.63, 3.8) is 0 Å². The fourth-order valence-electron chi connectivity index (χ4n) is 0.345. The number of halogens is 3. The van der Waals surface area contributed by atoms with Gasteiger partial charge in [-0.05, 0) is 6.92 Å². The Morgan fingerprint density at radius 1 is 1.50 bits per heavy atom. The number of aliphatic hydroxyl groups is 1. The van der Waals surface area contributed by atoms with Crippen molar-refractivity contribution in [3.8, 4) is 0 Å². The van der Waals surface area contributed by atoms with E-state index in [1.165, 1.54) is 6.92 Å². The fourth-order valence-corrected chi connectivity index (χ4v) is 1.04. The second-order valence-electron chi connectivity index (χ2n) is 1.98. The first-order valence-corrected chi connectivity index (χ1v) is 3.90. The molecule has 1 unspecified atom stereocenters. The van der Waals surface area contributed by atoms with Gasteiger partial charge in [-0.15, -0.1) is 11.8 Å². The second-order valence-corrected chi connectivity index (χ2v) is 3.01. The molecule has 0 rings (SSSR count). The van der Waals surface area contributed by atoms with E-state index in [0.29, 0.717) is 11.8 Å². The summed E-state index contributed by atoms with van der Waals surface area (Å²) < 4.78 is 34.2. The van der Waals surface area contributed by atoms with Gasteiger partial charge in [0.05, 0.1) is 11.9 Å². The van der Waals surface area contributed by atoms with Crippen molar-refractivity contribution >= 4 is 11.8 Å². The van der Waals surface area contributed by atoms with Crippen LogP contribution < -0.4 is 0 Å². The largest absolute Gasteiger partial charge is 0.397 e. The van der Waals surface area contributed by atoms with E-state index in [-0.39, 0.29) is 5.75 Å². The molecule has 0 bridgehead atoms. The number of alkyl halides is 3. The molecule has 0 aliphatic heterocycles. The highest BCUT2D eigenvalue weighted by molar-refractivity contribution is 7.99. The van der Waals surface area contributed by atoms with Crippen molar-refractivity contribution in [1.29, 1.82) is 0 Å². The molecule has 0 aromatic heterocycles. The van der Waals surface area contributed by atoms with Gasteiger partial charge in [-0.1, -0.05) is 0 Å². The molecule has 0 heterocycles. The van der Waals surface area contributed by atoms with Gasteiger partial charge in [0, 0.05) is 5.75 Å². The molecule has 0 aromatic rings. The molecule has 0 amide bonds. The molecular formula is C5H9F3OS. The van der Waals surface area contributed by atoms with Gasteiger partial charge in [-0.2, -0.15) is 13.2 Å². The van der Waals surface area contributed by atoms with E-state index in [1.54, 1.807) is 0 Å². The third-order valence-electron chi connectivity index (χ3n) is 0.625. The Morgan fingerprint density at radius 2 is 2.00 bits per heavy atom. The molecule has 1 atom stereocenters. The predicted molar refractivity (Wildman–Crippen MR) is 35.1 cm³/mol. The molecule has 0 aliphatic rings. The Hall–Kier alpha value is 0.100. The Bertz CT molecular complexity index is 91.4. The first kappa shape index (κ1) is 10.1. The lowest BCUT2D eigenvalue weighted by Gasteiger charge is -2.06. The van der Waals surface area contributed by atoms with Gasteiger partial charge in [0.25, 0.3) is 0 Å². The molecule has 10 heavy (non-hydrogen) atoms. The maximum Gasteiger partial charge on any atom is 0.397 e. The smallest absolute Gasteiger partial charge is 0.393 e. The molecule has 0 aliphatic carbocycles. The minimum Gasteiger partial charge on any atom is -0.393 e. The van der Waals surface area contributed by atoms with Crippen molar-refractivity contribution in [2.45, 2.75) is 19.2 Å². The lowest BCUT2D eigenvalue weighted by atomic mass is 10.5. The van der Waals surface area contributed by atoms with Crippen molar-refractivity contribution in [2.24, 2.45) is 0 Å². The molecule has 0 saturated carbocycles. The van der Waals surface area contributed by atoms with Crippen molar-refractivity contribution in [3.05, 3.63) is 0 Å². The van der Waals surface area contributed by atoms with Gasteiger partial charge in [-0.3, -0.25) is 0 Å². The van der Waals surface area contributed by atoms with E-state index in [0.717, 1.165) is 0 Å². The number of hydrogen-bond acceptors (Lipinski definition) is 2. The SMILES string of the molecule is CC(O)CSCC(F)(F)F. The lowest BCUT2D eigenvalue weighted by molar-refractivity contribution is -0.105. The molecule has 0 fully saturated rings. The summed E-state index contributed by atoms with van der Waals surface area (Å²) >= 11 is 0.693. The molecule has 62 valence electrons. The lowest BCUT2D eigenvalue weighted by Crippen LogP contribution is -2.13. The molecule has 0 radical (unpaired) electrons. The van der Waals surface area contributed by atoms with E-state index < -0.39 is 18.0 Å². The fraction of sp³-hybridized carbons (Fsp3) is 1.00. The molecule has 0 saturated heterocycles. The molecule has 1 nitrogen and oxygen atoms in total. The first-order chi connectivity index (χ1) is 4.42. The summed E-state index contributed by atoms with van der Waals surface area (Å²) in [4.78, 5) is 0. The van der Waals surface area contributed by atoms with Crippen LogP contribution in [-0.4, -0.2) is 28.9 Å². The summed E-state index contributed by atoms with van der Waals surface area (Å²) in [6, 6.07) is 0. The third kappa shape index (κ3) is 8.10. The van der Waals surface area contributed by atoms with E-state index in [1.807, 2.05) is 0 Å². The third-order valence-corrected chi connectivity index (χ3v) is 1.87. The van der Waals surface area contributed by atoms with Crippen molar-refractivity contribution < 1.29 is 18.3 Å². The summed E-state index contributed by atoms with van der Waals surface area (Å²) in [7, 11) is 0. The van der Waals surface area contributed by atoms with Crippen LogP contribution in [0.4, 0.5) is 13.2 Å². The van der Waals surface area contributed by atoms with Gasteiger partial charge >= 0.3 is 6.18 Å². The molecular weight excluding hydrogens is 165 g/mol. The monoisotopic (exact) mass is 174 g/mol. The van der Waals surface area contributed by atoms with Gasteiger partial charge in [-0.25, -0.2) is 0 Å². The minimum absolute atomic E-state index is 0.138. The van der Waals surface area contributed by atoms with Crippen LogP contribution in [-0.2, 0) is 0 Å². The van der Waals surface area contributed by atoms with Crippen LogP contribution in [0.15, 0.2) is 0 Å². The number of aliphatic hydroxyl groups excluding tert-OH is 1. The molecule has 1 N–H and O–H groups in total. The average Bonchev–Trinajstić information content (AvgIpc) is 1.59. The normalized spacial score (nSPS) is 15.3. The van der Waals surface area contributed by atoms with Crippen LogP contribution in [0.5, 0.6) is 0 Å². The van der Waals surface area contributed by atoms with Gasteiger partial charge in [0.1, 0.15) is 0 Å². The van der Waals surface area contributed by atoms with Crippen molar-refractivity contribution in [2.75, 3.05) is 11.5 Å². The van der Waals surface area contributed by atoms with E-state index in [2.05, 4.69) is 0 Å². The zero-order valence-electron chi connectivity index (χ0n) is 5.48. The summed E-state index contributed by atoms with van der Waals surface area (Å²) in [5.41, 5.74) is 0. The van der Waals surface area contributed by atoms with Crippen LogP contribution in [0.25, 0.3) is 0 Å². The average molecular weight is 174 g/mol. The zero-order chi connectivity index (χ0) is 8.20. The van der Waals surface area contributed by atoms with E-state index in [9.17, 15) is 13.2 Å². The highest BCUT2D eigenvalue weighted by Crippen LogP contribution is 2.21. The van der Waals surface area contributed by atoms with Crippen LogP contribution in [0.2, 0.25) is 0 Å². The van der Waals surface area contributed by atoms with Crippen LogP contribution in [0.1, 0.15) is 6.92 Å². The van der Waals surface area contributed by atoms with Crippen LogP contribution in [0, 0.1) is 0 Å². The van der Waals surface area contributed by atoms with Gasteiger partial charge in [0.15, 0.2) is 0 Å². The molecule has 5 heteroatoms. The zero-order valence-corrected chi connectivity index (χ0v) is 6.30. The maximum atomic E-state index is 11.4. The first-order valence-electron chi connectivity index (χ1n) is 2.74. The maximum absolute atomic E-state index is 11.4. The second kappa shape index (κ2) is 4.08. The van der Waals surface area contributed by atoms with Gasteiger partial charge in [0.2, 0.25) is 0 Å².